The van der Waals surface area contributed by atoms with E-state index in [1.165, 1.54) is 0 Å². The Morgan fingerprint density at radius 2 is 1.83 bits per heavy atom. The van der Waals surface area contributed by atoms with Crippen LogP contribution in [-0.2, 0) is 0 Å². The number of anilines is 2. The zero-order valence-electron chi connectivity index (χ0n) is 16.3. The number of nitrogens with one attached hydrogen (secondary N) is 1. The molecule has 0 radical (unpaired) electrons. The molecule has 1 N–H and O–H groups in total. The fourth-order valence-corrected chi connectivity index (χ4v) is 3.44. The summed E-state index contributed by atoms with van der Waals surface area (Å²) >= 11 is 0. The fraction of sp³-hybridized carbons (Fsp3) is 0.227. The number of rotatable bonds is 6. The van der Waals surface area contributed by atoms with Gasteiger partial charge in [0.15, 0.2) is 5.65 Å². The molecule has 1 saturated carbocycles. The Morgan fingerprint density at radius 3 is 2.55 bits per heavy atom. The van der Waals surface area contributed by atoms with Crippen molar-refractivity contribution in [1.29, 1.82) is 0 Å². The van der Waals surface area contributed by atoms with E-state index >= 15 is 0 Å². The molecular weight excluding hydrogens is 366 g/mol. The normalized spacial score (nSPS) is 13.4. The van der Waals surface area contributed by atoms with Crippen LogP contribution in [0.5, 0.6) is 11.5 Å². The highest BCUT2D eigenvalue weighted by molar-refractivity contribution is 5.78. The topological polar surface area (TPSA) is 74.1 Å². The predicted molar refractivity (Wildman–Crippen MR) is 112 cm³/mol. The summed E-state index contributed by atoms with van der Waals surface area (Å²) in [7, 11) is 3.25. The minimum Gasteiger partial charge on any atom is -0.497 e. The van der Waals surface area contributed by atoms with Crippen LogP contribution in [0.3, 0.4) is 0 Å². The number of ether oxygens (including phenoxy) is 2. The van der Waals surface area contributed by atoms with Gasteiger partial charge in [-0.2, -0.15) is 4.98 Å². The Labute approximate surface area is 168 Å². The van der Waals surface area contributed by atoms with Crippen LogP contribution >= 0.6 is 0 Å². The van der Waals surface area contributed by atoms with Gasteiger partial charge < -0.3 is 19.4 Å². The molecule has 7 nitrogen and oxygen atoms in total. The summed E-state index contributed by atoms with van der Waals surface area (Å²) in [6, 6.07) is 16.2. The smallest absolute Gasteiger partial charge is 0.229 e. The van der Waals surface area contributed by atoms with Crippen LogP contribution in [0.25, 0.3) is 22.6 Å². The number of nitrogens with zero attached hydrogens (tertiary/aromatic N) is 4. The maximum absolute atomic E-state index is 5.47. The van der Waals surface area contributed by atoms with Gasteiger partial charge in [0.1, 0.15) is 22.8 Å². The van der Waals surface area contributed by atoms with Crippen LogP contribution in [0.2, 0.25) is 0 Å². The van der Waals surface area contributed by atoms with Gasteiger partial charge in [0.05, 0.1) is 26.1 Å². The van der Waals surface area contributed by atoms with Crippen LogP contribution in [0.15, 0.2) is 54.7 Å². The molecule has 1 aliphatic carbocycles. The van der Waals surface area contributed by atoms with E-state index in [1.54, 1.807) is 20.4 Å². The zero-order chi connectivity index (χ0) is 19.8. The van der Waals surface area contributed by atoms with E-state index in [2.05, 4.69) is 27.0 Å². The van der Waals surface area contributed by atoms with E-state index in [1.807, 2.05) is 36.4 Å². The van der Waals surface area contributed by atoms with E-state index in [0.29, 0.717) is 17.7 Å². The standard InChI is InChI=1S/C22H21N5O2/c1-28-16-10-11-17(19(12-16)29-2)25-22-23-13-18-21(26-22)27(15-8-9-15)20(24-18)14-6-4-3-5-7-14/h3-7,10-13,15H,8-9H2,1-2H3,(H,23,25,26). The van der Waals surface area contributed by atoms with Gasteiger partial charge in [-0.3, -0.25) is 0 Å². The lowest BCUT2D eigenvalue weighted by Gasteiger charge is -2.12. The van der Waals surface area contributed by atoms with Gasteiger partial charge in [0, 0.05) is 17.7 Å². The van der Waals surface area contributed by atoms with Crippen LogP contribution in [-0.4, -0.2) is 33.7 Å². The van der Waals surface area contributed by atoms with E-state index in [0.717, 1.165) is 46.8 Å². The van der Waals surface area contributed by atoms with Crippen molar-refractivity contribution >= 4 is 22.8 Å². The van der Waals surface area contributed by atoms with E-state index in [4.69, 9.17) is 19.4 Å². The summed E-state index contributed by atoms with van der Waals surface area (Å²) in [6.07, 6.45) is 4.06. The van der Waals surface area contributed by atoms with Crippen molar-refractivity contribution in [2.24, 2.45) is 0 Å². The summed E-state index contributed by atoms with van der Waals surface area (Å²) in [5, 5.41) is 3.26. The largest absolute Gasteiger partial charge is 0.497 e. The summed E-state index contributed by atoms with van der Waals surface area (Å²) in [6.45, 7) is 0. The molecule has 2 heterocycles. The van der Waals surface area contributed by atoms with Crippen molar-refractivity contribution < 1.29 is 9.47 Å². The Hall–Kier alpha value is -3.61. The molecular formula is C22H21N5O2. The van der Waals surface area contributed by atoms with Gasteiger partial charge in [0.2, 0.25) is 5.95 Å². The molecule has 0 atom stereocenters. The number of methoxy groups -OCH3 is 2. The number of hydrogen-bond donors (Lipinski definition) is 1. The lowest BCUT2D eigenvalue weighted by molar-refractivity contribution is 0.395. The Morgan fingerprint density at radius 1 is 1.00 bits per heavy atom. The second-order valence-corrected chi connectivity index (χ2v) is 7.00. The molecule has 29 heavy (non-hydrogen) atoms. The van der Waals surface area contributed by atoms with E-state index in [-0.39, 0.29) is 0 Å². The Kier molecular flexibility index (Phi) is 4.27. The van der Waals surface area contributed by atoms with Crippen molar-refractivity contribution in [3.63, 3.8) is 0 Å². The average molecular weight is 387 g/mol. The molecule has 4 aromatic rings. The third kappa shape index (κ3) is 3.24. The first-order valence-corrected chi connectivity index (χ1v) is 9.56. The van der Waals surface area contributed by atoms with Crippen LogP contribution < -0.4 is 14.8 Å². The highest BCUT2D eigenvalue weighted by Gasteiger charge is 2.29. The maximum Gasteiger partial charge on any atom is 0.229 e. The summed E-state index contributed by atoms with van der Waals surface area (Å²) in [5.41, 5.74) is 3.50. The molecule has 0 aliphatic heterocycles. The van der Waals surface area contributed by atoms with Gasteiger partial charge in [-0.25, -0.2) is 9.97 Å². The van der Waals surface area contributed by atoms with E-state index in [9.17, 15) is 0 Å². The fourth-order valence-electron chi connectivity index (χ4n) is 3.44. The van der Waals surface area contributed by atoms with Crippen LogP contribution in [0.1, 0.15) is 18.9 Å². The van der Waals surface area contributed by atoms with Crippen molar-refractivity contribution in [1.82, 2.24) is 19.5 Å². The lowest BCUT2D eigenvalue weighted by atomic mass is 10.2. The molecule has 2 aromatic heterocycles. The lowest BCUT2D eigenvalue weighted by Crippen LogP contribution is -2.02. The first-order valence-electron chi connectivity index (χ1n) is 9.56. The zero-order valence-corrected chi connectivity index (χ0v) is 16.3. The monoisotopic (exact) mass is 387 g/mol. The van der Waals surface area contributed by atoms with Gasteiger partial charge in [-0.15, -0.1) is 0 Å². The molecule has 0 saturated heterocycles. The van der Waals surface area contributed by atoms with Gasteiger partial charge >= 0.3 is 0 Å². The minimum absolute atomic E-state index is 0.438. The summed E-state index contributed by atoms with van der Waals surface area (Å²) in [5.74, 6) is 2.83. The molecule has 0 unspecified atom stereocenters. The second kappa shape index (κ2) is 7.09. The quantitative estimate of drug-likeness (QED) is 0.522. The Balaban J connectivity index is 1.56. The predicted octanol–water partition coefficient (Wildman–Crippen LogP) is 4.59. The van der Waals surface area contributed by atoms with Crippen LogP contribution in [0.4, 0.5) is 11.6 Å². The Bertz CT molecular complexity index is 1170. The van der Waals surface area contributed by atoms with Gasteiger partial charge in [-0.1, -0.05) is 30.3 Å². The van der Waals surface area contributed by atoms with Crippen molar-refractivity contribution in [2.45, 2.75) is 18.9 Å². The molecule has 146 valence electrons. The number of imidazole rings is 1. The molecule has 1 fully saturated rings. The highest BCUT2D eigenvalue weighted by atomic mass is 16.5. The van der Waals surface area contributed by atoms with Gasteiger partial charge in [0.25, 0.3) is 0 Å². The molecule has 0 amide bonds. The third-order valence-electron chi connectivity index (χ3n) is 5.03. The number of fused-ring (bicyclic) bond motifs is 1. The second-order valence-electron chi connectivity index (χ2n) is 7.00. The number of hydrogen-bond acceptors (Lipinski definition) is 6. The number of benzene rings is 2. The summed E-state index contributed by atoms with van der Waals surface area (Å²) in [4.78, 5) is 14.1. The SMILES string of the molecule is COc1ccc(Nc2ncc3nc(-c4ccccc4)n(C4CC4)c3n2)c(OC)c1. The molecule has 2 aromatic carbocycles. The van der Waals surface area contributed by atoms with E-state index < -0.39 is 0 Å². The average Bonchev–Trinajstić information content (AvgIpc) is 3.54. The minimum atomic E-state index is 0.438. The van der Waals surface area contributed by atoms with Crippen LogP contribution in [0, 0.1) is 0 Å². The first kappa shape index (κ1) is 17.5. The molecule has 0 bridgehead atoms. The van der Waals surface area contributed by atoms with Gasteiger partial charge in [-0.05, 0) is 25.0 Å². The molecule has 0 spiro atoms. The molecule has 1 aliphatic rings. The van der Waals surface area contributed by atoms with Crippen molar-refractivity contribution in [2.75, 3.05) is 19.5 Å². The van der Waals surface area contributed by atoms with Crippen molar-refractivity contribution in [3.8, 4) is 22.9 Å². The molecule has 5 rings (SSSR count). The van der Waals surface area contributed by atoms with Crippen molar-refractivity contribution in [3.05, 3.63) is 54.7 Å². The maximum atomic E-state index is 5.47. The highest BCUT2D eigenvalue weighted by Crippen LogP contribution is 2.41. The third-order valence-corrected chi connectivity index (χ3v) is 5.03. The first-order chi connectivity index (χ1) is 14.3. The summed E-state index contributed by atoms with van der Waals surface area (Å²) < 4.78 is 13.0. The number of aromatic nitrogens is 4. The molecule has 7 heteroatoms.